The van der Waals surface area contributed by atoms with Crippen LogP contribution in [0.2, 0.25) is 0 Å². The van der Waals surface area contributed by atoms with Gasteiger partial charge in [0.1, 0.15) is 6.10 Å². The molecule has 0 fully saturated rings. The highest BCUT2D eigenvalue weighted by atomic mass is 16.5. The molecule has 0 amide bonds. The molecule has 0 spiro atoms. The van der Waals surface area contributed by atoms with Crippen LogP contribution >= 0.6 is 0 Å². The molecule has 1 aromatic heterocycles. The molecule has 1 unspecified atom stereocenters. The summed E-state index contributed by atoms with van der Waals surface area (Å²) in [5.41, 5.74) is 0. The number of aromatic nitrogens is 2. The Labute approximate surface area is 96.7 Å². The first-order valence-electron chi connectivity index (χ1n) is 5.65. The smallest absolute Gasteiger partial charge is 0.157 e. The quantitative estimate of drug-likeness (QED) is 0.671. The lowest BCUT2D eigenvalue weighted by Crippen LogP contribution is -2.31. The largest absolute Gasteiger partial charge is 0.486 e. The van der Waals surface area contributed by atoms with E-state index in [4.69, 9.17) is 9.47 Å². The Kier molecular flexibility index (Phi) is 5.88. The number of ether oxygens (including phenoxy) is 2. The van der Waals surface area contributed by atoms with Gasteiger partial charge in [0, 0.05) is 26.7 Å². The van der Waals surface area contributed by atoms with Crippen molar-refractivity contribution in [2.24, 2.45) is 0 Å². The van der Waals surface area contributed by atoms with Crippen LogP contribution in [0.4, 0.5) is 0 Å². The molecule has 0 saturated carbocycles. The van der Waals surface area contributed by atoms with Gasteiger partial charge in [-0.05, 0) is 13.8 Å². The first-order chi connectivity index (χ1) is 7.76. The lowest BCUT2D eigenvalue weighted by molar-refractivity contribution is 0.184. The molecule has 16 heavy (non-hydrogen) atoms. The fourth-order valence-electron chi connectivity index (χ4n) is 1.33. The highest BCUT2D eigenvalue weighted by Crippen LogP contribution is 2.09. The van der Waals surface area contributed by atoms with Crippen molar-refractivity contribution in [2.75, 3.05) is 26.8 Å². The highest BCUT2D eigenvalue weighted by molar-refractivity contribution is 5.12. The lowest BCUT2D eigenvalue weighted by atomic mass is 10.4. The Hall–Kier alpha value is -1.07. The van der Waals surface area contributed by atoms with Crippen LogP contribution in [-0.2, 0) is 11.3 Å². The van der Waals surface area contributed by atoms with E-state index in [-0.39, 0.29) is 6.10 Å². The van der Waals surface area contributed by atoms with E-state index in [1.165, 1.54) is 0 Å². The standard InChI is InChI=1S/C11H21N3O2/c1-4-14-9-11(8-13-14)16-10(2)7-12-5-6-15-3/h8-10,12H,4-7H2,1-3H3. The Morgan fingerprint density at radius 1 is 1.56 bits per heavy atom. The van der Waals surface area contributed by atoms with E-state index in [2.05, 4.69) is 10.4 Å². The molecule has 92 valence electrons. The van der Waals surface area contributed by atoms with Crippen molar-refractivity contribution in [1.82, 2.24) is 15.1 Å². The van der Waals surface area contributed by atoms with E-state index >= 15 is 0 Å². The Morgan fingerprint density at radius 2 is 2.38 bits per heavy atom. The maximum absolute atomic E-state index is 5.69. The van der Waals surface area contributed by atoms with Crippen LogP contribution in [0.5, 0.6) is 5.75 Å². The number of methoxy groups -OCH3 is 1. The predicted octanol–water partition coefficient (Wildman–Crippen LogP) is 0.906. The summed E-state index contributed by atoms with van der Waals surface area (Å²) >= 11 is 0. The third kappa shape index (κ3) is 4.63. The number of hydrogen-bond acceptors (Lipinski definition) is 4. The summed E-state index contributed by atoms with van der Waals surface area (Å²) in [4.78, 5) is 0. The van der Waals surface area contributed by atoms with Crippen LogP contribution in [0.3, 0.4) is 0 Å². The van der Waals surface area contributed by atoms with Gasteiger partial charge in [-0.25, -0.2) is 0 Å². The fourth-order valence-corrected chi connectivity index (χ4v) is 1.33. The molecule has 5 nitrogen and oxygen atoms in total. The van der Waals surface area contributed by atoms with Crippen LogP contribution in [0, 0.1) is 0 Å². The van der Waals surface area contributed by atoms with Crippen LogP contribution in [0.1, 0.15) is 13.8 Å². The third-order valence-electron chi connectivity index (χ3n) is 2.19. The molecule has 1 N–H and O–H groups in total. The Morgan fingerprint density at radius 3 is 3.00 bits per heavy atom. The van der Waals surface area contributed by atoms with Crippen molar-refractivity contribution in [2.45, 2.75) is 26.5 Å². The molecule has 0 aromatic carbocycles. The SMILES string of the molecule is CCn1cc(OC(C)CNCCOC)cn1. The number of rotatable bonds is 8. The first kappa shape index (κ1) is 13.0. The molecule has 0 bridgehead atoms. The van der Waals surface area contributed by atoms with Gasteiger partial charge < -0.3 is 14.8 Å². The minimum atomic E-state index is 0.131. The summed E-state index contributed by atoms with van der Waals surface area (Å²) in [6, 6.07) is 0. The Balaban J connectivity index is 2.20. The zero-order valence-corrected chi connectivity index (χ0v) is 10.3. The number of nitrogens with one attached hydrogen (secondary N) is 1. The van der Waals surface area contributed by atoms with Gasteiger partial charge in [0.2, 0.25) is 0 Å². The second kappa shape index (κ2) is 7.24. The summed E-state index contributed by atoms with van der Waals surface area (Å²) in [6.07, 6.45) is 3.78. The molecule has 1 atom stereocenters. The molecule has 5 heteroatoms. The average molecular weight is 227 g/mol. The van der Waals surface area contributed by atoms with Crippen LogP contribution in [-0.4, -0.2) is 42.7 Å². The minimum Gasteiger partial charge on any atom is -0.486 e. The third-order valence-corrected chi connectivity index (χ3v) is 2.19. The average Bonchev–Trinajstić information content (AvgIpc) is 2.72. The van der Waals surface area contributed by atoms with Gasteiger partial charge >= 0.3 is 0 Å². The summed E-state index contributed by atoms with van der Waals surface area (Å²) in [5.74, 6) is 0.822. The van der Waals surface area contributed by atoms with Crippen LogP contribution in [0.25, 0.3) is 0 Å². The van der Waals surface area contributed by atoms with Crippen molar-refractivity contribution in [3.05, 3.63) is 12.4 Å². The van der Waals surface area contributed by atoms with Gasteiger partial charge in [0.25, 0.3) is 0 Å². The van der Waals surface area contributed by atoms with E-state index < -0.39 is 0 Å². The molecule has 1 heterocycles. The van der Waals surface area contributed by atoms with Crippen molar-refractivity contribution in [3.63, 3.8) is 0 Å². The van der Waals surface area contributed by atoms with Crippen LogP contribution in [0.15, 0.2) is 12.4 Å². The molecule has 1 aromatic rings. The maximum Gasteiger partial charge on any atom is 0.157 e. The number of hydrogen-bond donors (Lipinski definition) is 1. The zero-order valence-electron chi connectivity index (χ0n) is 10.3. The van der Waals surface area contributed by atoms with E-state index in [0.717, 1.165) is 32.0 Å². The molecular weight excluding hydrogens is 206 g/mol. The van der Waals surface area contributed by atoms with E-state index in [9.17, 15) is 0 Å². The second-order valence-electron chi connectivity index (χ2n) is 3.66. The molecule has 0 aliphatic carbocycles. The van der Waals surface area contributed by atoms with Crippen LogP contribution < -0.4 is 10.1 Å². The van der Waals surface area contributed by atoms with Gasteiger partial charge in [-0.15, -0.1) is 0 Å². The van der Waals surface area contributed by atoms with E-state index in [0.29, 0.717) is 0 Å². The molecule has 0 saturated heterocycles. The summed E-state index contributed by atoms with van der Waals surface area (Å²) < 4.78 is 12.5. The second-order valence-corrected chi connectivity index (χ2v) is 3.66. The Bertz CT molecular complexity index is 289. The molecular formula is C11H21N3O2. The first-order valence-corrected chi connectivity index (χ1v) is 5.65. The van der Waals surface area contributed by atoms with Gasteiger partial charge in [0.05, 0.1) is 19.0 Å². The van der Waals surface area contributed by atoms with Crippen molar-refractivity contribution in [1.29, 1.82) is 0 Å². The lowest BCUT2D eigenvalue weighted by Gasteiger charge is -2.13. The molecule has 0 radical (unpaired) electrons. The highest BCUT2D eigenvalue weighted by Gasteiger charge is 2.05. The molecule has 0 aliphatic heterocycles. The number of nitrogens with zero attached hydrogens (tertiary/aromatic N) is 2. The monoisotopic (exact) mass is 227 g/mol. The van der Waals surface area contributed by atoms with Gasteiger partial charge in [-0.1, -0.05) is 0 Å². The summed E-state index contributed by atoms with van der Waals surface area (Å²) in [6.45, 7) is 7.32. The fraction of sp³-hybridized carbons (Fsp3) is 0.727. The summed E-state index contributed by atoms with van der Waals surface area (Å²) in [7, 11) is 1.70. The van der Waals surface area contributed by atoms with Crippen molar-refractivity contribution >= 4 is 0 Å². The normalized spacial score (nSPS) is 12.7. The van der Waals surface area contributed by atoms with Gasteiger partial charge in [0.15, 0.2) is 5.75 Å². The predicted molar refractivity (Wildman–Crippen MR) is 62.7 cm³/mol. The van der Waals surface area contributed by atoms with E-state index in [1.807, 2.05) is 24.7 Å². The maximum atomic E-state index is 5.69. The minimum absolute atomic E-state index is 0.131. The zero-order chi connectivity index (χ0) is 11.8. The van der Waals surface area contributed by atoms with Gasteiger partial charge in [-0.3, -0.25) is 4.68 Å². The topological polar surface area (TPSA) is 48.3 Å². The van der Waals surface area contributed by atoms with Gasteiger partial charge in [-0.2, -0.15) is 5.10 Å². The van der Waals surface area contributed by atoms with Crippen molar-refractivity contribution < 1.29 is 9.47 Å². The van der Waals surface area contributed by atoms with E-state index in [1.54, 1.807) is 13.3 Å². The summed E-state index contributed by atoms with van der Waals surface area (Å²) in [5, 5.41) is 7.40. The van der Waals surface area contributed by atoms with Crippen molar-refractivity contribution in [3.8, 4) is 5.75 Å². The molecule has 1 rings (SSSR count). The number of aryl methyl sites for hydroxylation is 1. The molecule has 0 aliphatic rings.